The summed E-state index contributed by atoms with van der Waals surface area (Å²) < 4.78 is 1.03. The Labute approximate surface area is 136 Å². The zero-order valence-electron chi connectivity index (χ0n) is 12.7. The average molecular weight is 359 g/mol. The number of rotatable bonds is 3. The van der Waals surface area contributed by atoms with Gasteiger partial charge in [0.25, 0.3) is 0 Å². The van der Waals surface area contributed by atoms with Gasteiger partial charge >= 0.3 is 0 Å². The van der Waals surface area contributed by atoms with Crippen LogP contribution in [0.3, 0.4) is 0 Å². The molecule has 2 rings (SSSR count). The standard InChI is InChI=1S/C17H25BrClN/c1-17(2,3)13-6-4-12(5-7-13)11-20-16-9-8-14(18)10-15(16)19/h8-10,12-13,20H,4-7,11H2,1-3H3. The summed E-state index contributed by atoms with van der Waals surface area (Å²) in [5, 5.41) is 4.30. The van der Waals surface area contributed by atoms with Crippen LogP contribution in [0.25, 0.3) is 0 Å². The summed E-state index contributed by atoms with van der Waals surface area (Å²) in [6.07, 6.45) is 5.40. The third kappa shape index (κ3) is 4.39. The molecule has 1 nitrogen and oxygen atoms in total. The van der Waals surface area contributed by atoms with Gasteiger partial charge in [-0.15, -0.1) is 0 Å². The average Bonchev–Trinajstić information content (AvgIpc) is 2.37. The summed E-state index contributed by atoms with van der Waals surface area (Å²) >= 11 is 9.67. The van der Waals surface area contributed by atoms with Crippen LogP contribution in [0, 0.1) is 17.3 Å². The van der Waals surface area contributed by atoms with Crippen LogP contribution in [0.4, 0.5) is 5.69 Å². The van der Waals surface area contributed by atoms with E-state index in [1.54, 1.807) is 0 Å². The number of hydrogen-bond acceptors (Lipinski definition) is 1. The van der Waals surface area contributed by atoms with Crippen LogP contribution in [-0.2, 0) is 0 Å². The highest BCUT2D eigenvalue weighted by molar-refractivity contribution is 9.10. The second-order valence-electron chi connectivity index (χ2n) is 7.09. The zero-order valence-corrected chi connectivity index (χ0v) is 15.0. The van der Waals surface area contributed by atoms with Crippen LogP contribution < -0.4 is 5.32 Å². The molecule has 0 saturated heterocycles. The maximum atomic E-state index is 6.24. The molecule has 0 radical (unpaired) electrons. The van der Waals surface area contributed by atoms with Crippen molar-refractivity contribution in [3.63, 3.8) is 0 Å². The van der Waals surface area contributed by atoms with E-state index in [0.29, 0.717) is 5.41 Å². The van der Waals surface area contributed by atoms with E-state index in [4.69, 9.17) is 11.6 Å². The number of nitrogens with one attached hydrogen (secondary N) is 1. The van der Waals surface area contributed by atoms with Crippen LogP contribution in [0.5, 0.6) is 0 Å². The second-order valence-corrected chi connectivity index (χ2v) is 8.41. The molecule has 0 atom stereocenters. The topological polar surface area (TPSA) is 12.0 Å². The van der Waals surface area contributed by atoms with Gasteiger partial charge in [-0.05, 0) is 61.1 Å². The van der Waals surface area contributed by atoms with Crippen molar-refractivity contribution in [1.29, 1.82) is 0 Å². The molecule has 1 aromatic rings. The van der Waals surface area contributed by atoms with Gasteiger partial charge in [-0.2, -0.15) is 0 Å². The van der Waals surface area contributed by atoms with Crippen LogP contribution in [0.2, 0.25) is 5.02 Å². The van der Waals surface area contributed by atoms with Crippen molar-refractivity contribution in [2.24, 2.45) is 17.3 Å². The predicted octanol–water partition coefficient (Wildman–Crippen LogP) is 6.37. The molecule has 1 aliphatic rings. The molecule has 1 aromatic carbocycles. The predicted molar refractivity (Wildman–Crippen MR) is 92.5 cm³/mol. The van der Waals surface area contributed by atoms with Gasteiger partial charge in [-0.3, -0.25) is 0 Å². The van der Waals surface area contributed by atoms with Gasteiger partial charge in [0.15, 0.2) is 0 Å². The molecule has 0 unspecified atom stereocenters. The minimum absolute atomic E-state index is 0.466. The number of anilines is 1. The van der Waals surface area contributed by atoms with E-state index in [9.17, 15) is 0 Å². The van der Waals surface area contributed by atoms with Gasteiger partial charge in [-0.1, -0.05) is 48.3 Å². The van der Waals surface area contributed by atoms with E-state index in [2.05, 4.69) is 42.0 Å². The molecule has 20 heavy (non-hydrogen) atoms. The second kappa shape index (κ2) is 6.70. The lowest BCUT2D eigenvalue weighted by Crippen LogP contribution is -2.28. The molecule has 0 heterocycles. The Hall–Kier alpha value is -0.210. The Morgan fingerprint density at radius 1 is 1.20 bits per heavy atom. The summed E-state index contributed by atoms with van der Waals surface area (Å²) in [5.41, 5.74) is 1.51. The van der Waals surface area contributed by atoms with Gasteiger partial charge in [0, 0.05) is 11.0 Å². The van der Waals surface area contributed by atoms with Crippen molar-refractivity contribution in [1.82, 2.24) is 0 Å². The lowest BCUT2D eigenvalue weighted by atomic mass is 9.70. The van der Waals surface area contributed by atoms with Crippen molar-refractivity contribution in [3.8, 4) is 0 Å². The van der Waals surface area contributed by atoms with Gasteiger partial charge in [0.1, 0.15) is 0 Å². The Morgan fingerprint density at radius 3 is 2.40 bits per heavy atom. The largest absolute Gasteiger partial charge is 0.384 e. The first-order chi connectivity index (χ1) is 9.36. The third-order valence-electron chi connectivity index (χ3n) is 4.58. The van der Waals surface area contributed by atoms with Crippen molar-refractivity contribution in [2.45, 2.75) is 46.5 Å². The Kier molecular flexibility index (Phi) is 5.42. The van der Waals surface area contributed by atoms with Crippen LogP contribution >= 0.6 is 27.5 Å². The van der Waals surface area contributed by atoms with Gasteiger partial charge in [0.05, 0.1) is 10.7 Å². The van der Waals surface area contributed by atoms with Crippen molar-refractivity contribution in [3.05, 3.63) is 27.7 Å². The smallest absolute Gasteiger partial charge is 0.0648 e. The van der Waals surface area contributed by atoms with Gasteiger partial charge in [-0.25, -0.2) is 0 Å². The summed E-state index contributed by atoms with van der Waals surface area (Å²) in [7, 11) is 0. The minimum Gasteiger partial charge on any atom is -0.384 e. The highest BCUT2D eigenvalue weighted by Gasteiger charge is 2.29. The third-order valence-corrected chi connectivity index (χ3v) is 5.39. The fourth-order valence-corrected chi connectivity index (χ4v) is 3.86. The first-order valence-corrected chi connectivity index (χ1v) is 8.72. The Bertz CT molecular complexity index is 445. The fourth-order valence-electron chi connectivity index (χ4n) is 3.12. The molecular formula is C17H25BrClN. The normalized spacial score (nSPS) is 23.6. The first kappa shape index (κ1) is 16.2. The van der Waals surface area contributed by atoms with Crippen LogP contribution in [0.1, 0.15) is 46.5 Å². The van der Waals surface area contributed by atoms with Crippen LogP contribution in [0.15, 0.2) is 22.7 Å². The highest BCUT2D eigenvalue weighted by Crippen LogP contribution is 2.40. The summed E-state index contributed by atoms with van der Waals surface area (Å²) in [6, 6.07) is 6.03. The van der Waals surface area contributed by atoms with Crippen LogP contribution in [-0.4, -0.2) is 6.54 Å². The molecule has 0 spiro atoms. The molecule has 112 valence electrons. The molecule has 1 N–H and O–H groups in total. The fraction of sp³-hybridized carbons (Fsp3) is 0.647. The van der Waals surface area contributed by atoms with E-state index in [1.165, 1.54) is 25.7 Å². The van der Waals surface area contributed by atoms with E-state index >= 15 is 0 Å². The van der Waals surface area contributed by atoms with E-state index < -0.39 is 0 Å². The van der Waals surface area contributed by atoms with E-state index in [0.717, 1.165) is 33.6 Å². The molecule has 0 aromatic heterocycles. The lowest BCUT2D eigenvalue weighted by Gasteiger charge is -2.37. The van der Waals surface area contributed by atoms with Gasteiger partial charge in [0.2, 0.25) is 0 Å². The first-order valence-electron chi connectivity index (χ1n) is 7.55. The zero-order chi connectivity index (χ0) is 14.8. The minimum atomic E-state index is 0.466. The quantitative estimate of drug-likeness (QED) is 0.662. The Balaban J connectivity index is 1.82. The summed E-state index contributed by atoms with van der Waals surface area (Å²) in [4.78, 5) is 0. The highest BCUT2D eigenvalue weighted by atomic mass is 79.9. The summed E-state index contributed by atoms with van der Waals surface area (Å²) in [6.45, 7) is 8.16. The molecule has 1 saturated carbocycles. The number of halogens is 2. The molecule has 0 amide bonds. The van der Waals surface area contributed by atoms with Crippen molar-refractivity contribution >= 4 is 33.2 Å². The van der Waals surface area contributed by atoms with Crippen molar-refractivity contribution in [2.75, 3.05) is 11.9 Å². The Morgan fingerprint density at radius 2 is 1.85 bits per heavy atom. The van der Waals surface area contributed by atoms with E-state index in [1.807, 2.05) is 18.2 Å². The maximum Gasteiger partial charge on any atom is 0.0648 e. The van der Waals surface area contributed by atoms with Crippen molar-refractivity contribution < 1.29 is 0 Å². The number of hydrogen-bond donors (Lipinski definition) is 1. The monoisotopic (exact) mass is 357 g/mol. The molecule has 1 fully saturated rings. The SMILES string of the molecule is CC(C)(C)C1CCC(CNc2ccc(Br)cc2Cl)CC1. The number of benzene rings is 1. The van der Waals surface area contributed by atoms with E-state index in [-0.39, 0.29) is 0 Å². The molecule has 1 aliphatic carbocycles. The molecule has 3 heteroatoms. The molecule has 0 bridgehead atoms. The summed E-state index contributed by atoms with van der Waals surface area (Å²) in [5.74, 6) is 1.67. The lowest BCUT2D eigenvalue weighted by molar-refractivity contribution is 0.153. The van der Waals surface area contributed by atoms with Gasteiger partial charge < -0.3 is 5.32 Å². The maximum absolute atomic E-state index is 6.24. The molecule has 0 aliphatic heterocycles. The molecular weight excluding hydrogens is 334 g/mol.